The van der Waals surface area contributed by atoms with Gasteiger partial charge in [0, 0.05) is 19.3 Å². The molecule has 3 atom stereocenters. The standard InChI is InChI=1S/C62H109O11P/c1-4-7-10-13-16-19-22-25-27-29-31-34-36-39-42-45-48-51-60(64)69-55-59(73-62(66)53-50-47-44-41-38-35-32-30-28-26-23-20-17-14-11-8-5-2)57-71-74(67,68)70-56-58(54-63)72-61(65)52-49-46-43-40-37-33-24-21-18-15-12-9-6-3/h8,11,17,20-21,24,26,28,32,35,41,44,58-59,63H,4-7,9-10,12-16,18-19,22-23,25,27,29-31,33-34,36-40,42-43,45-57H2,1-3H3,(H,67,68)/b11-8-,20-17-,24-21-,28-26-,35-32-,44-41-. The van der Waals surface area contributed by atoms with Crippen molar-refractivity contribution in [2.24, 2.45) is 0 Å². The number of carbonyl (C=O) groups is 3. The maximum atomic E-state index is 12.9. The molecule has 0 spiro atoms. The number of phosphoric acid groups is 1. The Bertz CT molecular complexity index is 1520. The number of hydrogen-bond donors (Lipinski definition) is 2. The molecule has 0 aromatic carbocycles. The van der Waals surface area contributed by atoms with Gasteiger partial charge in [0.15, 0.2) is 6.10 Å². The van der Waals surface area contributed by atoms with Gasteiger partial charge in [0.05, 0.1) is 19.8 Å². The maximum absolute atomic E-state index is 12.9. The Kier molecular flexibility index (Phi) is 53.8. The number of hydrogen-bond acceptors (Lipinski definition) is 10. The molecule has 0 amide bonds. The topological polar surface area (TPSA) is 155 Å². The first-order valence-electron chi connectivity index (χ1n) is 29.8. The first-order chi connectivity index (χ1) is 36.2. The lowest BCUT2D eigenvalue weighted by molar-refractivity contribution is -0.161. The minimum Gasteiger partial charge on any atom is -0.462 e. The van der Waals surface area contributed by atoms with E-state index in [1.54, 1.807) is 0 Å². The van der Waals surface area contributed by atoms with Crippen molar-refractivity contribution in [3.8, 4) is 0 Å². The molecular formula is C62H109O11P. The van der Waals surface area contributed by atoms with Crippen LogP contribution < -0.4 is 0 Å². The van der Waals surface area contributed by atoms with Gasteiger partial charge in [-0.25, -0.2) is 4.57 Å². The van der Waals surface area contributed by atoms with Gasteiger partial charge in [0.1, 0.15) is 12.7 Å². The molecule has 0 aliphatic carbocycles. The molecule has 0 heterocycles. The van der Waals surface area contributed by atoms with E-state index in [2.05, 4.69) is 81.5 Å². The Morgan fingerprint density at radius 1 is 0.392 bits per heavy atom. The minimum atomic E-state index is -4.76. The number of esters is 3. The summed E-state index contributed by atoms with van der Waals surface area (Å²) >= 11 is 0. The van der Waals surface area contributed by atoms with Crippen LogP contribution in [0.3, 0.4) is 0 Å². The molecule has 12 heteroatoms. The molecule has 0 fully saturated rings. The number of carbonyl (C=O) groups excluding carboxylic acids is 3. The van der Waals surface area contributed by atoms with E-state index in [1.807, 2.05) is 12.2 Å². The van der Waals surface area contributed by atoms with Crippen molar-refractivity contribution < 1.29 is 52.2 Å². The Morgan fingerprint density at radius 2 is 0.716 bits per heavy atom. The summed E-state index contributed by atoms with van der Waals surface area (Å²) in [6.45, 7) is 4.47. The predicted molar refractivity (Wildman–Crippen MR) is 307 cm³/mol. The summed E-state index contributed by atoms with van der Waals surface area (Å²) in [7, 11) is -4.76. The Morgan fingerprint density at radius 3 is 1.16 bits per heavy atom. The van der Waals surface area contributed by atoms with Crippen molar-refractivity contribution in [3.63, 3.8) is 0 Å². The summed E-state index contributed by atoms with van der Waals surface area (Å²) in [6, 6.07) is 0. The van der Waals surface area contributed by atoms with E-state index in [1.165, 1.54) is 109 Å². The van der Waals surface area contributed by atoms with Crippen LogP contribution in [0, 0.1) is 0 Å². The van der Waals surface area contributed by atoms with Gasteiger partial charge >= 0.3 is 25.7 Å². The lowest BCUT2D eigenvalue weighted by Crippen LogP contribution is -2.30. The van der Waals surface area contributed by atoms with Crippen molar-refractivity contribution in [1.29, 1.82) is 0 Å². The average Bonchev–Trinajstić information content (AvgIpc) is 3.39. The van der Waals surface area contributed by atoms with Crippen LogP contribution in [0.15, 0.2) is 72.9 Å². The van der Waals surface area contributed by atoms with Crippen LogP contribution in [0.1, 0.15) is 265 Å². The van der Waals surface area contributed by atoms with Crippen molar-refractivity contribution in [2.75, 3.05) is 26.4 Å². The van der Waals surface area contributed by atoms with Gasteiger partial charge in [-0.2, -0.15) is 0 Å². The molecule has 428 valence electrons. The van der Waals surface area contributed by atoms with E-state index in [0.717, 1.165) is 89.9 Å². The number of rotatable bonds is 55. The highest BCUT2D eigenvalue weighted by molar-refractivity contribution is 7.47. The normalized spacial score (nSPS) is 13.9. The number of ether oxygens (including phenoxy) is 3. The fourth-order valence-electron chi connectivity index (χ4n) is 8.09. The van der Waals surface area contributed by atoms with Crippen LogP contribution in [0.4, 0.5) is 0 Å². The van der Waals surface area contributed by atoms with E-state index in [0.29, 0.717) is 25.7 Å². The summed E-state index contributed by atoms with van der Waals surface area (Å²) < 4.78 is 39.5. The molecule has 0 aliphatic rings. The van der Waals surface area contributed by atoms with E-state index >= 15 is 0 Å². The highest BCUT2D eigenvalue weighted by atomic mass is 31.2. The Labute approximate surface area is 452 Å². The van der Waals surface area contributed by atoms with Crippen LogP contribution in [0.5, 0.6) is 0 Å². The van der Waals surface area contributed by atoms with Crippen molar-refractivity contribution in [3.05, 3.63) is 72.9 Å². The highest BCUT2D eigenvalue weighted by Crippen LogP contribution is 2.43. The average molecular weight is 1060 g/mol. The molecule has 3 unspecified atom stereocenters. The van der Waals surface area contributed by atoms with Crippen LogP contribution in [-0.4, -0.2) is 66.5 Å². The summed E-state index contributed by atoms with van der Waals surface area (Å²) in [5.41, 5.74) is 0. The molecule has 0 radical (unpaired) electrons. The second-order valence-corrected chi connectivity index (χ2v) is 21.2. The number of phosphoric ester groups is 1. The zero-order chi connectivity index (χ0) is 54.1. The number of unbranched alkanes of at least 4 members (excludes halogenated alkanes) is 26. The molecule has 0 saturated heterocycles. The molecule has 0 bridgehead atoms. The van der Waals surface area contributed by atoms with Gasteiger partial charge in [-0.1, -0.05) is 235 Å². The van der Waals surface area contributed by atoms with Gasteiger partial charge in [-0.05, 0) is 83.5 Å². The van der Waals surface area contributed by atoms with E-state index in [9.17, 15) is 28.9 Å². The van der Waals surface area contributed by atoms with Gasteiger partial charge < -0.3 is 24.2 Å². The summed E-state index contributed by atoms with van der Waals surface area (Å²) in [5, 5.41) is 9.81. The molecule has 11 nitrogen and oxygen atoms in total. The monoisotopic (exact) mass is 1060 g/mol. The zero-order valence-corrected chi connectivity index (χ0v) is 48.2. The molecule has 0 aromatic heterocycles. The smallest absolute Gasteiger partial charge is 0.462 e. The third-order valence-corrected chi connectivity index (χ3v) is 13.6. The quantitative estimate of drug-likeness (QED) is 0.0197. The van der Waals surface area contributed by atoms with Crippen LogP contribution in [0.25, 0.3) is 0 Å². The van der Waals surface area contributed by atoms with E-state index in [4.69, 9.17) is 23.3 Å². The molecule has 0 rings (SSSR count). The largest absolute Gasteiger partial charge is 0.472 e. The van der Waals surface area contributed by atoms with Crippen molar-refractivity contribution in [1.82, 2.24) is 0 Å². The Balaban J connectivity index is 4.79. The lowest BCUT2D eigenvalue weighted by Gasteiger charge is -2.21. The molecule has 0 saturated carbocycles. The van der Waals surface area contributed by atoms with Crippen LogP contribution in [0.2, 0.25) is 0 Å². The molecule has 74 heavy (non-hydrogen) atoms. The first-order valence-corrected chi connectivity index (χ1v) is 31.3. The third-order valence-electron chi connectivity index (χ3n) is 12.6. The summed E-state index contributed by atoms with van der Waals surface area (Å²) in [4.78, 5) is 48.5. The number of aliphatic hydroxyl groups is 1. The van der Waals surface area contributed by atoms with Gasteiger partial charge in [0.25, 0.3) is 0 Å². The number of allylic oxidation sites excluding steroid dienone is 12. The second-order valence-electron chi connectivity index (χ2n) is 19.8. The Hall–Kier alpha value is -3.08. The molecule has 0 aromatic rings. The highest BCUT2D eigenvalue weighted by Gasteiger charge is 2.28. The zero-order valence-electron chi connectivity index (χ0n) is 47.3. The predicted octanol–water partition coefficient (Wildman–Crippen LogP) is 17.7. The van der Waals surface area contributed by atoms with Crippen LogP contribution in [-0.2, 0) is 42.2 Å². The molecular weight excluding hydrogens is 952 g/mol. The van der Waals surface area contributed by atoms with Crippen molar-refractivity contribution in [2.45, 2.75) is 277 Å². The summed E-state index contributed by atoms with van der Waals surface area (Å²) in [6.07, 6.45) is 63.0. The third kappa shape index (κ3) is 53.7. The van der Waals surface area contributed by atoms with Crippen molar-refractivity contribution >= 4 is 25.7 Å². The van der Waals surface area contributed by atoms with Crippen LogP contribution >= 0.6 is 7.82 Å². The van der Waals surface area contributed by atoms with Gasteiger partial charge in [-0.15, -0.1) is 0 Å². The van der Waals surface area contributed by atoms with Gasteiger partial charge in [-0.3, -0.25) is 23.4 Å². The van der Waals surface area contributed by atoms with E-state index in [-0.39, 0.29) is 25.9 Å². The minimum absolute atomic E-state index is 0.0890. The fourth-order valence-corrected chi connectivity index (χ4v) is 8.88. The van der Waals surface area contributed by atoms with E-state index < -0.39 is 57.8 Å². The molecule has 2 N–H and O–H groups in total. The second kappa shape index (κ2) is 56.1. The lowest BCUT2D eigenvalue weighted by atomic mass is 10.0. The first kappa shape index (κ1) is 70.9. The fraction of sp³-hybridized carbons (Fsp3) is 0.758. The molecule has 0 aliphatic heterocycles. The maximum Gasteiger partial charge on any atom is 0.472 e. The number of aliphatic hydroxyl groups excluding tert-OH is 1. The van der Waals surface area contributed by atoms with Gasteiger partial charge in [0.2, 0.25) is 0 Å². The summed E-state index contributed by atoms with van der Waals surface area (Å²) in [5.74, 6) is -1.54. The SMILES string of the molecule is CC/C=C\C/C=C\C/C=C\C/C=C\C/C=C\CCCC(=O)OC(COC(=O)CCCCCCCCCCCCCCCCCCC)COP(=O)(O)OCC(CO)OC(=O)CCCCCCC/C=C\CCCCCC.